The zero-order valence-electron chi connectivity index (χ0n) is 12.4. The second-order valence-electron chi connectivity index (χ2n) is 4.81. The molecule has 0 aromatic carbocycles. The predicted octanol–water partition coefficient (Wildman–Crippen LogP) is 2.37. The minimum absolute atomic E-state index is 0.351. The molecule has 0 saturated carbocycles. The Morgan fingerprint density at radius 3 is 2.68 bits per heavy atom. The van der Waals surface area contributed by atoms with E-state index in [0.717, 1.165) is 29.8 Å². The molecule has 0 atom stereocenters. The molecule has 19 heavy (non-hydrogen) atoms. The van der Waals surface area contributed by atoms with Gasteiger partial charge in [-0.05, 0) is 58.5 Å². The highest BCUT2D eigenvalue weighted by Gasteiger charge is 2.12. The predicted molar refractivity (Wildman–Crippen MR) is 76.6 cm³/mol. The van der Waals surface area contributed by atoms with Gasteiger partial charge in [-0.25, -0.2) is 9.78 Å². The van der Waals surface area contributed by atoms with Crippen LogP contribution in [-0.2, 0) is 11.2 Å². The Morgan fingerprint density at radius 1 is 1.42 bits per heavy atom. The number of hydrogen-bond donors (Lipinski definition) is 1. The van der Waals surface area contributed by atoms with Crippen molar-refractivity contribution in [2.75, 3.05) is 32.6 Å². The molecule has 0 aliphatic carbocycles. The van der Waals surface area contributed by atoms with Gasteiger partial charge < -0.3 is 9.64 Å². The number of carbonyl (C=O) groups is 1. The summed E-state index contributed by atoms with van der Waals surface area (Å²) in [6, 6.07) is 2.03. The molecule has 0 spiro atoms. The van der Waals surface area contributed by atoms with Gasteiger partial charge in [-0.3, -0.25) is 5.32 Å². The van der Waals surface area contributed by atoms with Crippen LogP contribution >= 0.6 is 0 Å². The van der Waals surface area contributed by atoms with Crippen LogP contribution in [-0.4, -0.2) is 43.2 Å². The number of hydrogen-bond acceptors (Lipinski definition) is 4. The lowest BCUT2D eigenvalue weighted by Crippen LogP contribution is -2.20. The van der Waals surface area contributed by atoms with Gasteiger partial charge in [0.2, 0.25) is 0 Å². The maximum Gasteiger partial charge on any atom is 0.412 e. The van der Waals surface area contributed by atoms with Crippen LogP contribution in [0, 0.1) is 13.8 Å². The zero-order chi connectivity index (χ0) is 14.4. The SMILES string of the molecule is CCOC(=O)Nc1nc(C)cc(C)c1CCN(C)C. The third kappa shape index (κ3) is 4.87. The first-order valence-electron chi connectivity index (χ1n) is 6.49. The van der Waals surface area contributed by atoms with Crippen molar-refractivity contribution in [3.05, 3.63) is 22.9 Å². The highest BCUT2D eigenvalue weighted by molar-refractivity contribution is 5.84. The smallest absolute Gasteiger partial charge is 0.412 e. The summed E-state index contributed by atoms with van der Waals surface area (Å²) in [5, 5.41) is 2.73. The summed E-state index contributed by atoms with van der Waals surface area (Å²) in [6.07, 6.45) is 0.388. The average molecular weight is 265 g/mol. The fourth-order valence-electron chi connectivity index (χ4n) is 1.88. The number of rotatable bonds is 5. The molecule has 0 unspecified atom stereocenters. The Kier molecular flexibility index (Phi) is 5.76. The summed E-state index contributed by atoms with van der Waals surface area (Å²) in [5.41, 5.74) is 3.09. The molecule has 5 nitrogen and oxygen atoms in total. The standard InChI is InChI=1S/C14H23N3O2/c1-6-19-14(18)16-13-12(7-8-17(4)5)10(2)9-11(3)15-13/h9H,6-8H2,1-5H3,(H,15,16,18). The van der Waals surface area contributed by atoms with E-state index in [-0.39, 0.29) is 0 Å². The van der Waals surface area contributed by atoms with Gasteiger partial charge in [-0.1, -0.05) is 0 Å². The van der Waals surface area contributed by atoms with Crippen molar-refractivity contribution in [1.29, 1.82) is 0 Å². The molecule has 0 radical (unpaired) electrons. The molecule has 5 heteroatoms. The molecule has 106 valence electrons. The molecule has 1 amide bonds. The van der Waals surface area contributed by atoms with Gasteiger partial charge in [0.25, 0.3) is 0 Å². The van der Waals surface area contributed by atoms with E-state index in [9.17, 15) is 4.79 Å². The number of nitrogens with zero attached hydrogens (tertiary/aromatic N) is 2. The van der Waals surface area contributed by atoms with Gasteiger partial charge in [0.1, 0.15) is 5.82 Å². The maximum absolute atomic E-state index is 11.5. The van der Waals surface area contributed by atoms with Crippen molar-refractivity contribution in [1.82, 2.24) is 9.88 Å². The molecule has 0 bridgehead atoms. The highest BCUT2D eigenvalue weighted by atomic mass is 16.5. The van der Waals surface area contributed by atoms with Crippen LogP contribution in [0.25, 0.3) is 0 Å². The largest absolute Gasteiger partial charge is 0.450 e. The van der Waals surface area contributed by atoms with E-state index in [4.69, 9.17) is 4.74 Å². The van der Waals surface area contributed by atoms with Crippen LogP contribution in [0.15, 0.2) is 6.07 Å². The fourth-order valence-corrected chi connectivity index (χ4v) is 1.88. The average Bonchev–Trinajstić information content (AvgIpc) is 2.27. The lowest BCUT2D eigenvalue weighted by molar-refractivity contribution is 0.168. The molecule has 1 rings (SSSR count). The van der Waals surface area contributed by atoms with Crippen LogP contribution in [0.4, 0.5) is 10.6 Å². The van der Waals surface area contributed by atoms with E-state index < -0.39 is 6.09 Å². The Bertz CT molecular complexity index is 445. The van der Waals surface area contributed by atoms with Crippen molar-refractivity contribution >= 4 is 11.9 Å². The number of ether oxygens (including phenoxy) is 1. The monoisotopic (exact) mass is 265 g/mol. The first kappa shape index (κ1) is 15.4. The molecule has 0 fully saturated rings. The molecule has 0 saturated heterocycles. The highest BCUT2D eigenvalue weighted by Crippen LogP contribution is 2.19. The number of anilines is 1. The van der Waals surface area contributed by atoms with Crippen LogP contribution < -0.4 is 5.32 Å². The topological polar surface area (TPSA) is 54.5 Å². The van der Waals surface area contributed by atoms with Crippen molar-refractivity contribution < 1.29 is 9.53 Å². The number of amides is 1. The van der Waals surface area contributed by atoms with Crippen molar-refractivity contribution in [2.24, 2.45) is 0 Å². The number of aromatic nitrogens is 1. The van der Waals surface area contributed by atoms with Gasteiger partial charge >= 0.3 is 6.09 Å². The first-order valence-corrected chi connectivity index (χ1v) is 6.49. The van der Waals surface area contributed by atoms with Crippen molar-refractivity contribution in [2.45, 2.75) is 27.2 Å². The van der Waals surface area contributed by atoms with Crippen molar-refractivity contribution in [3.63, 3.8) is 0 Å². The third-order valence-corrected chi connectivity index (χ3v) is 2.78. The van der Waals surface area contributed by atoms with Gasteiger partial charge in [0.05, 0.1) is 6.61 Å². The van der Waals surface area contributed by atoms with E-state index in [1.165, 1.54) is 0 Å². The minimum Gasteiger partial charge on any atom is -0.450 e. The molecular formula is C14H23N3O2. The molecule has 1 heterocycles. The van der Waals surface area contributed by atoms with Gasteiger partial charge in [0.15, 0.2) is 0 Å². The van der Waals surface area contributed by atoms with E-state index in [0.29, 0.717) is 12.4 Å². The molecular weight excluding hydrogens is 242 g/mol. The molecule has 1 N–H and O–H groups in total. The molecule has 1 aromatic rings. The van der Waals surface area contributed by atoms with E-state index in [2.05, 4.69) is 15.2 Å². The van der Waals surface area contributed by atoms with E-state index >= 15 is 0 Å². The van der Waals surface area contributed by atoms with Gasteiger partial charge in [-0.15, -0.1) is 0 Å². The fraction of sp³-hybridized carbons (Fsp3) is 0.571. The summed E-state index contributed by atoms with van der Waals surface area (Å²) in [7, 11) is 4.05. The van der Waals surface area contributed by atoms with Crippen LogP contribution in [0.1, 0.15) is 23.7 Å². The van der Waals surface area contributed by atoms with E-state index in [1.54, 1.807) is 6.92 Å². The lowest BCUT2D eigenvalue weighted by Gasteiger charge is -2.16. The summed E-state index contributed by atoms with van der Waals surface area (Å²) < 4.78 is 4.91. The van der Waals surface area contributed by atoms with Gasteiger partial charge in [0, 0.05) is 12.2 Å². The second kappa shape index (κ2) is 7.09. The Labute approximate surface area is 115 Å². The Balaban J connectivity index is 2.95. The molecule has 1 aromatic heterocycles. The Hall–Kier alpha value is -1.62. The van der Waals surface area contributed by atoms with Crippen molar-refractivity contribution in [3.8, 4) is 0 Å². The lowest BCUT2D eigenvalue weighted by atomic mass is 10.1. The number of aryl methyl sites for hydroxylation is 2. The summed E-state index contributed by atoms with van der Waals surface area (Å²) >= 11 is 0. The molecule has 0 aliphatic heterocycles. The Morgan fingerprint density at radius 2 is 2.11 bits per heavy atom. The molecule has 0 aliphatic rings. The van der Waals surface area contributed by atoms with Crippen LogP contribution in [0.5, 0.6) is 0 Å². The van der Waals surface area contributed by atoms with E-state index in [1.807, 2.05) is 34.0 Å². The van der Waals surface area contributed by atoms with Crippen LogP contribution in [0.2, 0.25) is 0 Å². The number of pyridine rings is 1. The third-order valence-electron chi connectivity index (χ3n) is 2.78. The maximum atomic E-state index is 11.5. The number of carbonyl (C=O) groups excluding carboxylic acids is 1. The summed E-state index contributed by atoms with van der Waals surface area (Å²) in [5.74, 6) is 0.609. The summed E-state index contributed by atoms with van der Waals surface area (Å²) in [4.78, 5) is 18.0. The zero-order valence-corrected chi connectivity index (χ0v) is 12.4. The number of nitrogens with one attached hydrogen (secondary N) is 1. The number of likely N-dealkylation sites (N-methyl/N-ethyl adjacent to an activating group) is 1. The van der Waals surface area contributed by atoms with Gasteiger partial charge in [-0.2, -0.15) is 0 Å². The normalized spacial score (nSPS) is 10.6. The van der Waals surface area contributed by atoms with Crippen LogP contribution in [0.3, 0.4) is 0 Å². The summed E-state index contributed by atoms with van der Waals surface area (Å²) in [6.45, 7) is 6.99. The second-order valence-corrected chi connectivity index (χ2v) is 4.81. The minimum atomic E-state index is -0.453. The quantitative estimate of drug-likeness (QED) is 0.888. The first-order chi connectivity index (χ1) is 8.93.